The Morgan fingerprint density at radius 3 is 2.45 bits per heavy atom. The number of hydrogen-bond donors (Lipinski definition) is 2. The Morgan fingerprint density at radius 1 is 1.03 bits per heavy atom. The van der Waals surface area contributed by atoms with Crippen molar-refractivity contribution in [3.63, 3.8) is 0 Å². The number of carbonyl (C=O) groups is 2. The summed E-state index contributed by atoms with van der Waals surface area (Å²) < 4.78 is 12.9. The molecule has 0 aliphatic carbocycles. The van der Waals surface area contributed by atoms with E-state index in [0.29, 0.717) is 16.4 Å². The lowest BCUT2D eigenvalue weighted by Crippen LogP contribution is -2.15. The minimum absolute atomic E-state index is 0.112. The molecule has 0 atom stereocenters. The largest absolute Gasteiger partial charge is 0.326 e. The number of halogens is 1. The summed E-state index contributed by atoms with van der Waals surface area (Å²) in [6.45, 7) is 2.16. The molecule has 2 N–H and O–H groups in total. The molecule has 0 unspecified atom stereocenters. The van der Waals surface area contributed by atoms with Crippen molar-refractivity contribution < 1.29 is 14.0 Å². The minimum Gasteiger partial charge on any atom is -0.326 e. The Hall–Kier alpha value is -3.06. The van der Waals surface area contributed by atoms with E-state index in [1.165, 1.54) is 41.2 Å². The minimum atomic E-state index is -0.403. The Kier molecular flexibility index (Phi) is 7.08. The monoisotopic (exact) mass is 411 g/mol. The number of nitrogens with zero attached hydrogens (tertiary/aromatic N) is 1. The molecular weight excluding hydrogens is 389 g/mol. The summed E-state index contributed by atoms with van der Waals surface area (Å²) in [6.07, 6.45) is 3.45. The van der Waals surface area contributed by atoms with E-state index in [2.05, 4.69) is 22.5 Å². The van der Waals surface area contributed by atoms with Crippen LogP contribution in [0.2, 0.25) is 0 Å². The average molecular weight is 412 g/mol. The van der Waals surface area contributed by atoms with Crippen LogP contribution in [0.5, 0.6) is 0 Å². The van der Waals surface area contributed by atoms with Crippen LogP contribution < -0.4 is 10.6 Å². The number of anilines is 2. The van der Waals surface area contributed by atoms with Crippen molar-refractivity contribution in [2.75, 3.05) is 10.6 Å². The van der Waals surface area contributed by atoms with Crippen LogP contribution in [-0.2, 0) is 17.6 Å². The van der Waals surface area contributed by atoms with E-state index in [0.717, 1.165) is 24.9 Å². The lowest BCUT2D eigenvalue weighted by molar-refractivity contribution is -0.115. The molecule has 3 aromatic rings. The second-order valence-electron chi connectivity index (χ2n) is 6.63. The maximum Gasteiger partial charge on any atom is 0.257 e. The van der Waals surface area contributed by atoms with Gasteiger partial charge in [-0.1, -0.05) is 25.5 Å². The van der Waals surface area contributed by atoms with Crippen LogP contribution in [0.3, 0.4) is 0 Å². The third-order valence-corrected chi connectivity index (χ3v) is 5.08. The third-order valence-electron chi connectivity index (χ3n) is 4.28. The summed E-state index contributed by atoms with van der Waals surface area (Å²) >= 11 is 1.24. The summed E-state index contributed by atoms with van der Waals surface area (Å²) in [7, 11) is 0. The molecule has 0 aliphatic heterocycles. The predicted octanol–water partition coefficient (Wildman–Crippen LogP) is 5.06. The van der Waals surface area contributed by atoms with Gasteiger partial charge in [0.15, 0.2) is 5.13 Å². The summed E-state index contributed by atoms with van der Waals surface area (Å²) in [6, 6.07) is 13.1. The number of thiazole rings is 1. The summed E-state index contributed by atoms with van der Waals surface area (Å²) in [4.78, 5) is 28.7. The maximum atomic E-state index is 12.9. The van der Waals surface area contributed by atoms with Gasteiger partial charge in [0, 0.05) is 16.6 Å². The summed E-state index contributed by atoms with van der Waals surface area (Å²) in [5.41, 5.74) is 2.91. The van der Waals surface area contributed by atoms with Crippen molar-refractivity contribution in [3.05, 3.63) is 76.5 Å². The molecule has 1 heterocycles. The number of amides is 2. The Morgan fingerprint density at radius 2 is 1.76 bits per heavy atom. The zero-order valence-corrected chi connectivity index (χ0v) is 16.9. The topological polar surface area (TPSA) is 71.1 Å². The molecule has 0 spiro atoms. The van der Waals surface area contributed by atoms with Crippen molar-refractivity contribution in [1.29, 1.82) is 0 Å². The van der Waals surface area contributed by atoms with Gasteiger partial charge in [-0.15, -0.1) is 11.3 Å². The SMILES string of the molecule is CCCCc1ccc(NC(=O)Cc2csc(NC(=O)c3ccc(F)cc3)n2)cc1. The molecule has 2 amide bonds. The second kappa shape index (κ2) is 9.93. The number of benzene rings is 2. The molecule has 0 saturated carbocycles. The molecule has 29 heavy (non-hydrogen) atoms. The van der Waals surface area contributed by atoms with Gasteiger partial charge in [0.25, 0.3) is 5.91 Å². The summed E-state index contributed by atoms with van der Waals surface area (Å²) in [5, 5.41) is 7.64. The number of aryl methyl sites for hydroxylation is 1. The van der Waals surface area contributed by atoms with Gasteiger partial charge in [-0.2, -0.15) is 0 Å². The number of carbonyl (C=O) groups excluding carboxylic acids is 2. The van der Waals surface area contributed by atoms with Gasteiger partial charge >= 0.3 is 0 Å². The van der Waals surface area contributed by atoms with Crippen molar-refractivity contribution in [2.24, 2.45) is 0 Å². The molecule has 150 valence electrons. The van der Waals surface area contributed by atoms with Crippen molar-refractivity contribution >= 4 is 34.0 Å². The van der Waals surface area contributed by atoms with E-state index in [9.17, 15) is 14.0 Å². The highest BCUT2D eigenvalue weighted by molar-refractivity contribution is 7.14. The Bertz CT molecular complexity index is 968. The van der Waals surface area contributed by atoms with Crippen LogP contribution in [0.25, 0.3) is 0 Å². The van der Waals surface area contributed by atoms with Crippen LogP contribution in [0.1, 0.15) is 41.4 Å². The van der Waals surface area contributed by atoms with E-state index in [1.54, 1.807) is 5.38 Å². The van der Waals surface area contributed by atoms with Gasteiger partial charge < -0.3 is 5.32 Å². The van der Waals surface area contributed by atoms with Crippen LogP contribution in [0.4, 0.5) is 15.2 Å². The first-order valence-corrected chi connectivity index (χ1v) is 10.3. The zero-order valence-electron chi connectivity index (χ0n) is 16.1. The van der Waals surface area contributed by atoms with Gasteiger partial charge in [-0.05, 0) is 54.8 Å². The average Bonchev–Trinajstić information content (AvgIpc) is 3.14. The van der Waals surface area contributed by atoms with E-state index in [4.69, 9.17) is 0 Å². The molecule has 5 nitrogen and oxygen atoms in total. The normalized spacial score (nSPS) is 10.6. The van der Waals surface area contributed by atoms with Crippen molar-refractivity contribution in [3.8, 4) is 0 Å². The van der Waals surface area contributed by atoms with Gasteiger partial charge in [-0.25, -0.2) is 9.37 Å². The fourth-order valence-electron chi connectivity index (χ4n) is 2.72. The lowest BCUT2D eigenvalue weighted by Gasteiger charge is -2.06. The van der Waals surface area contributed by atoms with Crippen LogP contribution >= 0.6 is 11.3 Å². The van der Waals surface area contributed by atoms with Crippen LogP contribution in [0, 0.1) is 5.82 Å². The molecule has 7 heteroatoms. The molecule has 0 saturated heterocycles. The number of aromatic nitrogens is 1. The molecule has 0 aliphatic rings. The second-order valence-corrected chi connectivity index (χ2v) is 7.49. The Labute approximate surface area is 173 Å². The first-order chi connectivity index (χ1) is 14.0. The highest BCUT2D eigenvalue weighted by Crippen LogP contribution is 2.18. The van der Waals surface area contributed by atoms with E-state index in [-0.39, 0.29) is 18.2 Å². The summed E-state index contributed by atoms with van der Waals surface area (Å²) in [5.74, 6) is -0.953. The van der Waals surface area contributed by atoms with E-state index < -0.39 is 5.82 Å². The number of rotatable bonds is 8. The van der Waals surface area contributed by atoms with Gasteiger partial charge in [0.1, 0.15) is 5.82 Å². The molecule has 3 rings (SSSR count). The predicted molar refractivity (Wildman–Crippen MR) is 114 cm³/mol. The smallest absolute Gasteiger partial charge is 0.257 e. The van der Waals surface area contributed by atoms with Crippen molar-refractivity contribution in [2.45, 2.75) is 32.6 Å². The maximum absolute atomic E-state index is 12.9. The standard InChI is InChI=1S/C22H22FN3O2S/c1-2-3-4-15-5-11-18(12-6-15)24-20(27)13-19-14-29-22(25-19)26-21(28)16-7-9-17(23)10-8-16/h5-12,14H,2-4,13H2,1H3,(H,24,27)(H,25,26,28). The number of nitrogens with one attached hydrogen (secondary N) is 2. The molecule has 0 fully saturated rings. The Balaban J connectivity index is 1.52. The first kappa shape index (κ1) is 20.7. The van der Waals surface area contributed by atoms with E-state index in [1.807, 2.05) is 24.3 Å². The molecule has 2 aromatic carbocycles. The van der Waals surface area contributed by atoms with Crippen LogP contribution in [-0.4, -0.2) is 16.8 Å². The molecular formula is C22H22FN3O2S. The first-order valence-electron chi connectivity index (χ1n) is 9.43. The fraction of sp³-hybridized carbons (Fsp3) is 0.227. The molecule has 1 aromatic heterocycles. The number of unbranched alkanes of at least 4 members (excludes halogenated alkanes) is 1. The van der Waals surface area contributed by atoms with Crippen LogP contribution in [0.15, 0.2) is 53.9 Å². The highest BCUT2D eigenvalue weighted by Gasteiger charge is 2.12. The van der Waals surface area contributed by atoms with E-state index >= 15 is 0 Å². The lowest BCUT2D eigenvalue weighted by atomic mass is 10.1. The zero-order chi connectivity index (χ0) is 20.6. The highest BCUT2D eigenvalue weighted by atomic mass is 32.1. The molecule has 0 bridgehead atoms. The third kappa shape index (κ3) is 6.22. The van der Waals surface area contributed by atoms with Crippen molar-refractivity contribution in [1.82, 2.24) is 4.98 Å². The van der Waals surface area contributed by atoms with Gasteiger partial charge in [-0.3, -0.25) is 14.9 Å². The van der Waals surface area contributed by atoms with Gasteiger partial charge in [0.2, 0.25) is 5.91 Å². The number of hydrogen-bond acceptors (Lipinski definition) is 4. The molecule has 0 radical (unpaired) electrons. The van der Waals surface area contributed by atoms with Gasteiger partial charge in [0.05, 0.1) is 12.1 Å². The fourth-order valence-corrected chi connectivity index (χ4v) is 3.43. The quantitative estimate of drug-likeness (QED) is 0.544.